The predicted molar refractivity (Wildman–Crippen MR) is 177 cm³/mol. The summed E-state index contributed by atoms with van der Waals surface area (Å²) in [5, 5.41) is 20.0. The van der Waals surface area contributed by atoms with Crippen LogP contribution in [0.15, 0.2) is 24.3 Å². The molecule has 2 heterocycles. The first-order valence-corrected chi connectivity index (χ1v) is 17.3. The number of fused-ring (bicyclic) bond motifs is 1. The van der Waals surface area contributed by atoms with E-state index in [0.29, 0.717) is 5.75 Å². The number of hydrogen-bond donors (Lipinski definition) is 3. The number of nitrogens with zero attached hydrogens (tertiary/aromatic N) is 2. The Labute approximate surface area is 291 Å². The molecule has 0 radical (unpaired) electrons. The van der Waals surface area contributed by atoms with Gasteiger partial charge in [-0.15, -0.1) is 0 Å². The van der Waals surface area contributed by atoms with Crippen molar-refractivity contribution in [3.05, 3.63) is 46.2 Å². The van der Waals surface area contributed by atoms with Gasteiger partial charge in [0.15, 0.2) is 22.4 Å². The van der Waals surface area contributed by atoms with Crippen molar-refractivity contribution in [1.82, 2.24) is 9.71 Å². The number of alkyl halides is 3. The van der Waals surface area contributed by atoms with E-state index in [-0.39, 0.29) is 48.4 Å². The minimum absolute atomic E-state index is 0.00630. The fraction of sp³-hybridized carbons (Fsp3) is 0.606. The molecule has 1 aromatic carbocycles. The van der Waals surface area contributed by atoms with Crippen molar-refractivity contribution in [3.63, 3.8) is 0 Å². The quantitative estimate of drug-likeness (QED) is 0.174. The molecule has 1 unspecified atom stereocenters. The number of amides is 1. The summed E-state index contributed by atoms with van der Waals surface area (Å²) in [6.45, 7) is 10.9. The van der Waals surface area contributed by atoms with Crippen LogP contribution in [0.25, 0.3) is 0 Å². The van der Waals surface area contributed by atoms with Crippen LogP contribution >= 0.6 is 11.6 Å². The van der Waals surface area contributed by atoms with E-state index in [0.717, 1.165) is 23.8 Å². The maximum absolute atomic E-state index is 14.8. The molecular weight excluding hydrogens is 691 g/mol. The number of aromatic nitrogens is 1. The van der Waals surface area contributed by atoms with Crippen LogP contribution in [0.3, 0.4) is 0 Å². The molecule has 0 spiro atoms. The molecule has 1 aromatic heterocycles. The highest BCUT2D eigenvalue weighted by atomic mass is 35.5. The van der Waals surface area contributed by atoms with E-state index in [1.165, 1.54) is 18.2 Å². The van der Waals surface area contributed by atoms with E-state index in [1.54, 1.807) is 48.5 Å². The Balaban J connectivity index is 1.72. The number of rotatable bonds is 12. The number of carbonyl (C=O) groups is 2. The topological polar surface area (TPSA) is 148 Å². The Kier molecular flexibility index (Phi) is 11.1. The number of ether oxygens (including phenoxy) is 3. The summed E-state index contributed by atoms with van der Waals surface area (Å²) in [6, 6.07) is 5.16. The maximum Gasteiger partial charge on any atom is 0.422 e. The van der Waals surface area contributed by atoms with Gasteiger partial charge in [0.05, 0.1) is 51.9 Å². The molecule has 2 aliphatic rings. The van der Waals surface area contributed by atoms with E-state index >= 15 is 0 Å². The van der Waals surface area contributed by atoms with Gasteiger partial charge in [-0.05, 0) is 92.0 Å². The fourth-order valence-corrected chi connectivity index (χ4v) is 6.25. The van der Waals surface area contributed by atoms with Crippen LogP contribution in [0.5, 0.6) is 11.5 Å². The largest absolute Gasteiger partial charge is 0.487 e. The highest BCUT2D eigenvalue weighted by Crippen LogP contribution is 2.49. The van der Waals surface area contributed by atoms with Crippen LogP contribution in [0.4, 0.5) is 23.7 Å². The first-order valence-electron chi connectivity index (χ1n) is 15.8. The first kappa shape index (κ1) is 38.8. The number of hydrogen-bond acceptors (Lipinski definition) is 9. The number of nitrogens with one attached hydrogen (secondary N) is 1. The second-order valence-electron chi connectivity index (χ2n) is 14.4. The van der Waals surface area contributed by atoms with E-state index in [9.17, 15) is 37.2 Å². The van der Waals surface area contributed by atoms with Gasteiger partial charge in [-0.25, -0.2) is 18.7 Å². The van der Waals surface area contributed by atoms with Crippen LogP contribution < -0.4 is 19.1 Å². The average molecular weight is 734 g/mol. The number of anilines is 1. The summed E-state index contributed by atoms with van der Waals surface area (Å²) >= 11 is 6.51. The van der Waals surface area contributed by atoms with Crippen LogP contribution in [0, 0.1) is 0 Å². The van der Waals surface area contributed by atoms with Gasteiger partial charge in [0.2, 0.25) is 5.60 Å². The van der Waals surface area contributed by atoms with Crippen LogP contribution in [-0.2, 0) is 26.9 Å². The number of pyridine rings is 1. The SMILES string of the molecule is CC(C)(C)OC(=O)N1C[C@@](C)(NS(=O)C(C)(C)C)c2cc([C@](O)(CCC(=O)c3ccc(OC4CC4)c(OCCO)c3)C(F)(F)F)nc(Cl)c21. The zero-order valence-electron chi connectivity index (χ0n) is 28.5. The third-order valence-electron chi connectivity index (χ3n) is 7.82. The minimum Gasteiger partial charge on any atom is -0.487 e. The monoisotopic (exact) mass is 733 g/mol. The van der Waals surface area contributed by atoms with Crippen LogP contribution in [0.2, 0.25) is 5.15 Å². The number of halogens is 4. The van der Waals surface area contributed by atoms with Gasteiger partial charge in [-0.3, -0.25) is 9.69 Å². The number of aliphatic hydroxyl groups is 2. The molecule has 11 nitrogen and oxygen atoms in total. The standard InChI is InChI=1S/C33H43ClF3N3O8S/c1-29(2,3)48-28(43)40-18-31(7,39-49(45)30(4,5)6)21-17-25(38-27(34)26(21)40)32(44,33(35,36)37)13-12-22(42)19-8-11-23(47-20-9-10-20)24(16-19)46-15-14-41/h8,11,16-17,20,39,41,44H,9-10,12-15,18H2,1-7H3/t31-,32-,49?/m1/s1. The normalized spacial score (nSPS) is 20.0. The maximum atomic E-state index is 14.8. The Morgan fingerprint density at radius 1 is 1.12 bits per heavy atom. The van der Waals surface area contributed by atoms with Gasteiger partial charge in [0.25, 0.3) is 0 Å². The van der Waals surface area contributed by atoms with Crippen molar-refractivity contribution < 1.29 is 51.4 Å². The van der Waals surface area contributed by atoms with Gasteiger partial charge in [-0.2, -0.15) is 13.2 Å². The van der Waals surface area contributed by atoms with E-state index in [2.05, 4.69) is 9.71 Å². The number of Topliss-reactive ketones (excluding diaryl/α,β-unsaturated/α-hetero) is 1. The molecule has 49 heavy (non-hydrogen) atoms. The summed E-state index contributed by atoms with van der Waals surface area (Å²) < 4.78 is 76.6. The van der Waals surface area contributed by atoms with Crippen LogP contribution in [-0.4, -0.2) is 73.7 Å². The number of carbonyl (C=O) groups excluding carboxylic acids is 2. The molecule has 2 aromatic rings. The smallest absolute Gasteiger partial charge is 0.422 e. The molecule has 272 valence electrons. The molecule has 0 saturated heterocycles. The molecule has 4 rings (SSSR count). The van der Waals surface area contributed by atoms with Crippen molar-refractivity contribution in [2.24, 2.45) is 0 Å². The van der Waals surface area contributed by atoms with Crippen molar-refractivity contribution in [1.29, 1.82) is 0 Å². The lowest BCUT2D eigenvalue weighted by molar-refractivity contribution is -0.270. The summed E-state index contributed by atoms with van der Waals surface area (Å²) in [5.41, 5.74) is -6.95. The zero-order chi connectivity index (χ0) is 36.7. The molecule has 1 aliphatic carbocycles. The molecular formula is C33H43ClF3N3O8S. The molecule has 3 atom stereocenters. The number of aliphatic hydroxyl groups excluding tert-OH is 1. The summed E-state index contributed by atoms with van der Waals surface area (Å²) in [7, 11) is -1.76. The van der Waals surface area contributed by atoms with Gasteiger partial charge in [0.1, 0.15) is 12.2 Å². The Morgan fingerprint density at radius 3 is 2.33 bits per heavy atom. The fourth-order valence-electron chi connectivity index (χ4n) is 5.06. The van der Waals surface area contributed by atoms with Gasteiger partial charge < -0.3 is 24.4 Å². The molecule has 16 heteroatoms. The lowest BCUT2D eigenvalue weighted by atomic mass is 9.87. The molecule has 0 bridgehead atoms. The third kappa shape index (κ3) is 8.85. The molecule has 1 saturated carbocycles. The number of ketones is 1. The second-order valence-corrected chi connectivity index (χ2v) is 16.7. The van der Waals surface area contributed by atoms with Gasteiger partial charge >= 0.3 is 12.3 Å². The van der Waals surface area contributed by atoms with E-state index in [4.69, 9.17) is 25.8 Å². The molecule has 1 fully saturated rings. The molecule has 3 N–H and O–H groups in total. The Bertz CT molecular complexity index is 1610. The van der Waals surface area contributed by atoms with Crippen molar-refractivity contribution in [2.75, 3.05) is 24.7 Å². The Morgan fingerprint density at radius 2 is 1.78 bits per heavy atom. The van der Waals surface area contributed by atoms with E-state index < -0.39 is 74.2 Å². The Hall–Kier alpha value is -2.98. The van der Waals surface area contributed by atoms with Crippen LogP contribution in [0.1, 0.15) is 95.8 Å². The van der Waals surface area contributed by atoms with Crippen molar-refractivity contribution in [3.8, 4) is 11.5 Å². The average Bonchev–Trinajstić information content (AvgIpc) is 3.74. The summed E-state index contributed by atoms with van der Waals surface area (Å²) in [5.74, 6) is -0.246. The third-order valence-corrected chi connectivity index (χ3v) is 9.83. The second kappa shape index (κ2) is 14.0. The lowest BCUT2D eigenvalue weighted by Gasteiger charge is -2.32. The highest BCUT2D eigenvalue weighted by Gasteiger charge is 2.57. The van der Waals surface area contributed by atoms with Crippen molar-refractivity contribution in [2.45, 2.75) is 108 Å². The summed E-state index contributed by atoms with van der Waals surface area (Å²) in [6.07, 6.45) is -6.38. The van der Waals surface area contributed by atoms with Crippen molar-refractivity contribution >= 4 is 40.2 Å². The summed E-state index contributed by atoms with van der Waals surface area (Å²) in [4.78, 5) is 31.6. The zero-order valence-corrected chi connectivity index (χ0v) is 30.1. The minimum atomic E-state index is -5.32. The van der Waals surface area contributed by atoms with Gasteiger partial charge in [-0.1, -0.05) is 11.6 Å². The molecule has 1 amide bonds. The number of benzene rings is 1. The highest BCUT2D eigenvalue weighted by molar-refractivity contribution is 7.84. The van der Waals surface area contributed by atoms with E-state index in [1.807, 2.05) is 0 Å². The predicted octanol–water partition coefficient (Wildman–Crippen LogP) is 6.08. The van der Waals surface area contributed by atoms with Gasteiger partial charge in [0, 0.05) is 17.5 Å². The lowest BCUT2D eigenvalue weighted by Crippen LogP contribution is -2.50. The first-order chi connectivity index (χ1) is 22.5. The molecule has 1 aliphatic heterocycles.